The minimum atomic E-state index is -0.303. The summed E-state index contributed by atoms with van der Waals surface area (Å²) in [6.07, 6.45) is 9.03. The highest BCUT2D eigenvalue weighted by Gasteiger charge is 2.09. The van der Waals surface area contributed by atoms with Crippen molar-refractivity contribution >= 4 is 5.97 Å². The second kappa shape index (κ2) is 4.65. The molecule has 1 rings (SSSR count). The van der Waals surface area contributed by atoms with E-state index in [1.807, 2.05) is 18.2 Å². The SMILES string of the molecule is C=C(C)C(=O)OCC1C=CC=CC1. The zero-order valence-corrected chi connectivity index (χ0v) is 7.82. The first-order valence-corrected chi connectivity index (χ1v) is 4.36. The quantitative estimate of drug-likeness (QED) is 0.489. The van der Waals surface area contributed by atoms with E-state index in [0.29, 0.717) is 18.1 Å². The molecule has 0 aromatic carbocycles. The molecule has 0 saturated carbocycles. The van der Waals surface area contributed by atoms with Gasteiger partial charge in [-0.05, 0) is 13.3 Å². The van der Waals surface area contributed by atoms with Gasteiger partial charge in [-0.1, -0.05) is 30.9 Å². The van der Waals surface area contributed by atoms with Crippen LogP contribution >= 0.6 is 0 Å². The monoisotopic (exact) mass is 178 g/mol. The Kier molecular flexibility index (Phi) is 3.50. The number of hydrogen-bond acceptors (Lipinski definition) is 2. The summed E-state index contributed by atoms with van der Waals surface area (Å²) in [6.45, 7) is 5.61. The lowest BCUT2D eigenvalue weighted by molar-refractivity contribution is -0.139. The van der Waals surface area contributed by atoms with Crippen LogP contribution in [0.3, 0.4) is 0 Å². The smallest absolute Gasteiger partial charge is 0.333 e. The van der Waals surface area contributed by atoms with Crippen molar-refractivity contribution in [1.29, 1.82) is 0 Å². The maximum atomic E-state index is 11.0. The summed E-state index contributed by atoms with van der Waals surface area (Å²) in [4.78, 5) is 11.0. The largest absolute Gasteiger partial charge is 0.462 e. The van der Waals surface area contributed by atoms with Crippen molar-refractivity contribution in [3.63, 3.8) is 0 Å². The lowest BCUT2D eigenvalue weighted by Gasteiger charge is -2.12. The lowest BCUT2D eigenvalue weighted by Crippen LogP contribution is -2.13. The Morgan fingerprint density at radius 3 is 2.92 bits per heavy atom. The molecule has 0 aliphatic heterocycles. The first kappa shape index (κ1) is 9.78. The van der Waals surface area contributed by atoms with Gasteiger partial charge in [0.05, 0.1) is 6.61 Å². The van der Waals surface area contributed by atoms with E-state index in [-0.39, 0.29) is 5.97 Å². The molecule has 0 radical (unpaired) electrons. The molecule has 13 heavy (non-hydrogen) atoms. The summed E-state index contributed by atoms with van der Waals surface area (Å²) in [5, 5.41) is 0. The van der Waals surface area contributed by atoms with E-state index in [2.05, 4.69) is 12.7 Å². The molecule has 1 atom stereocenters. The molecule has 70 valence electrons. The van der Waals surface area contributed by atoms with Gasteiger partial charge >= 0.3 is 5.97 Å². The van der Waals surface area contributed by atoms with Gasteiger partial charge < -0.3 is 4.74 Å². The van der Waals surface area contributed by atoms with Gasteiger partial charge in [-0.3, -0.25) is 0 Å². The van der Waals surface area contributed by atoms with E-state index < -0.39 is 0 Å². The van der Waals surface area contributed by atoms with Crippen molar-refractivity contribution in [2.75, 3.05) is 6.61 Å². The Morgan fingerprint density at radius 1 is 1.62 bits per heavy atom. The third-order valence-electron chi connectivity index (χ3n) is 1.85. The molecule has 0 saturated heterocycles. The first-order valence-electron chi connectivity index (χ1n) is 4.36. The Hall–Kier alpha value is -1.31. The summed E-state index contributed by atoms with van der Waals surface area (Å²) in [7, 11) is 0. The van der Waals surface area contributed by atoms with Gasteiger partial charge in [0.1, 0.15) is 0 Å². The second-order valence-corrected chi connectivity index (χ2v) is 3.19. The molecule has 2 nitrogen and oxygen atoms in total. The minimum absolute atomic E-state index is 0.303. The van der Waals surface area contributed by atoms with Crippen molar-refractivity contribution in [2.45, 2.75) is 13.3 Å². The molecule has 0 aromatic heterocycles. The van der Waals surface area contributed by atoms with Crippen molar-refractivity contribution < 1.29 is 9.53 Å². The topological polar surface area (TPSA) is 26.3 Å². The second-order valence-electron chi connectivity index (χ2n) is 3.19. The fourth-order valence-corrected chi connectivity index (χ4v) is 1.06. The van der Waals surface area contributed by atoms with E-state index in [1.165, 1.54) is 0 Å². The molecule has 0 aromatic rings. The summed E-state index contributed by atoms with van der Waals surface area (Å²) in [6, 6.07) is 0. The van der Waals surface area contributed by atoms with E-state index in [9.17, 15) is 4.79 Å². The Bertz CT molecular complexity index is 261. The number of carbonyl (C=O) groups is 1. The van der Waals surface area contributed by atoms with Gasteiger partial charge in [0, 0.05) is 11.5 Å². The summed E-state index contributed by atoms with van der Waals surface area (Å²) in [5.41, 5.74) is 0.454. The maximum absolute atomic E-state index is 11.0. The van der Waals surface area contributed by atoms with Gasteiger partial charge in [-0.15, -0.1) is 0 Å². The molecular weight excluding hydrogens is 164 g/mol. The van der Waals surface area contributed by atoms with Crippen LogP contribution in [0.15, 0.2) is 36.5 Å². The molecular formula is C11H14O2. The predicted octanol–water partition coefficient (Wildman–Crippen LogP) is 2.24. The third-order valence-corrected chi connectivity index (χ3v) is 1.85. The van der Waals surface area contributed by atoms with Crippen LogP contribution in [-0.4, -0.2) is 12.6 Å². The van der Waals surface area contributed by atoms with E-state index in [0.717, 1.165) is 6.42 Å². The van der Waals surface area contributed by atoms with Gasteiger partial charge in [-0.2, -0.15) is 0 Å². The summed E-state index contributed by atoms with van der Waals surface area (Å²) < 4.78 is 5.02. The molecule has 0 N–H and O–H groups in total. The van der Waals surface area contributed by atoms with E-state index in [1.54, 1.807) is 6.92 Å². The number of allylic oxidation sites excluding steroid dienone is 3. The minimum Gasteiger partial charge on any atom is -0.462 e. The standard InChI is InChI=1S/C11H14O2/c1-9(2)11(12)13-8-10-6-4-3-5-7-10/h3-6,10H,1,7-8H2,2H3. The number of rotatable bonds is 3. The van der Waals surface area contributed by atoms with Crippen LogP contribution in [0.4, 0.5) is 0 Å². The van der Waals surface area contributed by atoms with E-state index in [4.69, 9.17) is 4.74 Å². The maximum Gasteiger partial charge on any atom is 0.333 e. The zero-order valence-electron chi connectivity index (χ0n) is 7.82. The molecule has 1 unspecified atom stereocenters. The van der Waals surface area contributed by atoms with Gasteiger partial charge in [0.15, 0.2) is 0 Å². The summed E-state index contributed by atoms with van der Waals surface area (Å²) >= 11 is 0. The van der Waals surface area contributed by atoms with Crippen molar-refractivity contribution in [2.24, 2.45) is 5.92 Å². The van der Waals surface area contributed by atoms with Crippen LogP contribution in [0.25, 0.3) is 0 Å². The van der Waals surface area contributed by atoms with Crippen molar-refractivity contribution in [1.82, 2.24) is 0 Å². The highest BCUT2D eigenvalue weighted by Crippen LogP contribution is 2.12. The van der Waals surface area contributed by atoms with Crippen LogP contribution < -0.4 is 0 Å². The molecule has 2 heteroatoms. The Labute approximate surface area is 78.6 Å². The average molecular weight is 178 g/mol. The zero-order chi connectivity index (χ0) is 9.68. The molecule has 1 aliphatic rings. The molecule has 0 fully saturated rings. The highest BCUT2D eigenvalue weighted by atomic mass is 16.5. The Morgan fingerprint density at radius 2 is 2.38 bits per heavy atom. The predicted molar refractivity (Wildman–Crippen MR) is 52.2 cm³/mol. The first-order chi connectivity index (χ1) is 6.20. The number of ether oxygens (including phenoxy) is 1. The van der Waals surface area contributed by atoms with Gasteiger partial charge in [-0.25, -0.2) is 4.79 Å². The fraction of sp³-hybridized carbons (Fsp3) is 0.364. The number of esters is 1. The highest BCUT2D eigenvalue weighted by molar-refractivity contribution is 5.86. The van der Waals surface area contributed by atoms with E-state index >= 15 is 0 Å². The van der Waals surface area contributed by atoms with Crippen LogP contribution in [0.5, 0.6) is 0 Å². The number of carbonyl (C=O) groups excluding carboxylic acids is 1. The summed E-state index contributed by atoms with van der Waals surface area (Å²) in [5.74, 6) is 0.0243. The molecule has 0 bridgehead atoms. The van der Waals surface area contributed by atoms with Crippen LogP contribution in [0.1, 0.15) is 13.3 Å². The molecule has 1 aliphatic carbocycles. The molecule has 0 spiro atoms. The van der Waals surface area contributed by atoms with Crippen LogP contribution in [0, 0.1) is 5.92 Å². The van der Waals surface area contributed by atoms with Gasteiger partial charge in [0.2, 0.25) is 0 Å². The number of hydrogen-bond donors (Lipinski definition) is 0. The lowest BCUT2D eigenvalue weighted by atomic mass is 10.0. The Balaban J connectivity index is 2.27. The average Bonchev–Trinajstić information content (AvgIpc) is 2.15. The normalized spacial score (nSPS) is 19.9. The fourth-order valence-electron chi connectivity index (χ4n) is 1.06. The van der Waals surface area contributed by atoms with Gasteiger partial charge in [0.25, 0.3) is 0 Å². The van der Waals surface area contributed by atoms with Crippen LogP contribution in [-0.2, 0) is 9.53 Å². The van der Waals surface area contributed by atoms with Crippen LogP contribution in [0.2, 0.25) is 0 Å². The molecule has 0 heterocycles. The molecule has 0 amide bonds. The van der Waals surface area contributed by atoms with Crippen molar-refractivity contribution in [3.8, 4) is 0 Å². The van der Waals surface area contributed by atoms with Crippen molar-refractivity contribution in [3.05, 3.63) is 36.5 Å². The third kappa shape index (κ3) is 3.28.